The lowest BCUT2D eigenvalue weighted by Gasteiger charge is -2.16. The van der Waals surface area contributed by atoms with Gasteiger partial charge in [0.05, 0.1) is 19.6 Å². The number of hydrogen-bond acceptors (Lipinski definition) is 5. The van der Waals surface area contributed by atoms with Crippen LogP contribution < -0.4 is 10.1 Å². The summed E-state index contributed by atoms with van der Waals surface area (Å²) in [6.45, 7) is 6.66. The van der Waals surface area contributed by atoms with E-state index in [0.717, 1.165) is 27.0 Å². The Morgan fingerprint density at radius 1 is 1.06 bits per heavy atom. The van der Waals surface area contributed by atoms with Crippen LogP contribution in [-0.4, -0.2) is 38.8 Å². The normalized spacial score (nSPS) is 12.8. The van der Waals surface area contributed by atoms with E-state index >= 15 is 0 Å². The summed E-state index contributed by atoms with van der Waals surface area (Å²) in [5.41, 5.74) is 0.922. The Balaban J connectivity index is 1.67. The van der Waals surface area contributed by atoms with Gasteiger partial charge in [-0.05, 0) is 47.5 Å². The zero-order valence-electron chi connectivity index (χ0n) is 18.2. The van der Waals surface area contributed by atoms with Gasteiger partial charge in [-0.1, -0.05) is 38.1 Å². The lowest BCUT2D eigenvalue weighted by molar-refractivity contribution is -0.122. The molecule has 0 saturated carbocycles. The summed E-state index contributed by atoms with van der Waals surface area (Å²) in [6, 6.07) is 15.2. The van der Waals surface area contributed by atoms with Crippen LogP contribution in [0.4, 0.5) is 0 Å². The van der Waals surface area contributed by atoms with Crippen molar-refractivity contribution in [3.8, 4) is 5.75 Å². The number of nitrogens with one attached hydrogen (secondary N) is 1. The number of hydrogen-bond donors (Lipinski definition) is 1. The van der Waals surface area contributed by atoms with Crippen LogP contribution in [0.2, 0.25) is 0 Å². The number of sulfonamides is 1. The molecule has 3 aromatic rings. The van der Waals surface area contributed by atoms with E-state index in [1.807, 2.05) is 57.2 Å². The summed E-state index contributed by atoms with van der Waals surface area (Å²) in [7, 11) is -1.84. The molecule has 0 radical (unpaired) electrons. The number of ether oxygens (including phenoxy) is 1. The average Bonchev–Trinajstić information content (AvgIpc) is 3.27. The van der Waals surface area contributed by atoms with E-state index in [0.29, 0.717) is 23.8 Å². The number of carbonyl (C=O) groups excluding carboxylic acids is 1. The van der Waals surface area contributed by atoms with Crippen molar-refractivity contribution in [2.75, 3.05) is 20.2 Å². The number of amides is 1. The predicted molar refractivity (Wildman–Crippen MR) is 125 cm³/mol. The van der Waals surface area contributed by atoms with Crippen LogP contribution in [0, 0.1) is 0 Å². The number of carbonyl (C=O) groups is 1. The first-order valence-electron chi connectivity index (χ1n) is 10.2. The van der Waals surface area contributed by atoms with E-state index in [1.165, 1.54) is 15.6 Å². The second-order valence-electron chi connectivity index (χ2n) is 7.22. The van der Waals surface area contributed by atoms with Gasteiger partial charge in [0, 0.05) is 18.0 Å². The molecule has 0 unspecified atom stereocenters. The molecule has 0 aliphatic heterocycles. The first kappa shape index (κ1) is 23.2. The molecule has 0 saturated heterocycles. The number of fused-ring (bicyclic) bond motifs is 1. The SMILES string of the molecule is CCN(CC)S(=O)(=O)c1ccc(CNC(=O)[C@@H](C)c2ccc3cc(OC)ccc3c2)s1. The maximum absolute atomic E-state index is 12.7. The Hall–Kier alpha value is -2.42. The van der Waals surface area contributed by atoms with Gasteiger partial charge in [0.25, 0.3) is 10.0 Å². The molecule has 0 aliphatic carbocycles. The molecule has 0 aliphatic rings. The number of methoxy groups -OCH3 is 1. The van der Waals surface area contributed by atoms with E-state index in [-0.39, 0.29) is 11.8 Å². The van der Waals surface area contributed by atoms with Gasteiger partial charge in [-0.3, -0.25) is 4.79 Å². The monoisotopic (exact) mass is 460 g/mol. The summed E-state index contributed by atoms with van der Waals surface area (Å²) >= 11 is 1.20. The second-order valence-corrected chi connectivity index (χ2v) is 10.6. The quantitative estimate of drug-likeness (QED) is 0.515. The van der Waals surface area contributed by atoms with Gasteiger partial charge in [-0.15, -0.1) is 11.3 Å². The van der Waals surface area contributed by atoms with Gasteiger partial charge in [0.1, 0.15) is 9.96 Å². The molecule has 31 heavy (non-hydrogen) atoms. The van der Waals surface area contributed by atoms with Crippen molar-refractivity contribution in [2.45, 2.75) is 37.4 Å². The van der Waals surface area contributed by atoms with Gasteiger partial charge >= 0.3 is 0 Å². The maximum Gasteiger partial charge on any atom is 0.252 e. The van der Waals surface area contributed by atoms with Crippen molar-refractivity contribution in [3.63, 3.8) is 0 Å². The molecule has 0 spiro atoms. The summed E-state index contributed by atoms with van der Waals surface area (Å²) in [6.07, 6.45) is 0. The molecule has 1 heterocycles. The highest BCUT2D eigenvalue weighted by atomic mass is 32.2. The number of nitrogens with zero attached hydrogens (tertiary/aromatic N) is 1. The summed E-state index contributed by atoms with van der Waals surface area (Å²) < 4.78 is 32.2. The van der Waals surface area contributed by atoms with E-state index in [1.54, 1.807) is 19.2 Å². The van der Waals surface area contributed by atoms with Gasteiger partial charge in [0.2, 0.25) is 5.91 Å². The van der Waals surface area contributed by atoms with E-state index < -0.39 is 10.0 Å². The van der Waals surface area contributed by atoms with Crippen molar-refractivity contribution in [1.82, 2.24) is 9.62 Å². The van der Waals surface area contributed by atoms with Crippen LogP contribution in [-0.2, 0) is 21.4 Å². The summed E-state index contributed by atoms with van der Waals surface area (Å²) in [5.74, 6) is 0.365. The van der Waals surface area contributed by atoms with Crippen LogP contribution in [0.25, 0.3) is 10.8 Å². The lowest BCUT2D eigenvalue weighted by Crippen LogP contribution is -2.30. The van der Waals surface area contributed by atoms with Crippen LogP contribution in [0.15, 0.2) is 52.7 Å². The molecule has 3 rings (SSSR count). The second kappa shape index (κ2) is 9.80. The van der Waals surface area contributed by atoms with Crippen molar-refractivity contribution >= 4 is 38.0 Å². The van der Waals surface area contributed by atoms with Crippen LogP contribution in [0.3, 0.4) is 0 Å². The minimum Gasteiger partial charge on any atom is -0.497 e. The van der Waals surface area contributed by atoms with E-state index in [2.05, 4.69) is 5.32 Å². The molecular formula is C23H28N2O4S2. The minimum atomic E-state index is -3.47. The Kier molecular flexibility index (Phi) is 7.35. The first-order chi connectivity index (χ1) is 14.8. The highest BCUT2D eigenvalue weighted by Gasteiger charge is 2.23. The number of rotatable bonds is 9. The number of thiophene rings is 1. The molecule has 0 bridgehead atoms. The molecule has 1 amide bonds. The van der Waals surface area contributed by atoms with Gasteiger partial charge in [-0.25, -0.2) is 8.42 Å². The largest absolute Gasteiger partial charge is 0.497 e. The van der Waals surface area contributed by atoms with Crippen LogP contribution in [0.1, 0.15) is 37.1 Å². The number of benzene rings is 2. The van der Waals surface area contributed by atoms with Crippen molar-refractivity contribution < 1.29 is 17.9 Å². The van der Waals surface area contributed by atoms with Gasteiger partial charge in [0.15, 0.2) is 0 Å². The Morgan fingerprint density at radius 3 is 2.42 bits per heavy atom. The molecule has 0 fully saturated rings. The van der Waals surface area contributed by atoms with Crippen LogP contribution >= 0.6 is 11.3 Å². The molecule has 2 aromatic carbocycles. The highest BCUT2D eigenvalue weighted by Crippen LogP contribution is 2.27. The standard InChI is InChI=1S/C23H28N2O4S2/c1-5-25(6-2)31(27,28)22-12-11-21(30-22)15-24-23(26)16(3)17-7-8-19-14-20(29-4)10-9-18(19)13-17/h7-14,16H,5-6,15H2,1-4H3,(H,24,26)/t16-/m0/s1. The van der Waals surface area contributed by atoms with Crippen LogP contribution in [0.5, 0.6) is 5.75 Å². The van der Waals surface area contributed by atoms with Crippen molar-refractivity contribution in [1.29, 1.82) is 0 Å². The Morgan fingerprint density at radius 2 is 1.74 bits per heavy atom. The zero-order chi connectivity index (χ0) is 22.6. The van der Waals surface area contributed by atoms with Gasteiger partial charge in [-0.2, -0.15) is 4.31 Å². The average molecular weight is 461 g/mol. The van der Waals surface area contributed by atoms with E-state index in [9.17, 15) is 13.2 Å². The van der Waals surface area contributed by atoms with Crippen molar-refractivity contribution in [3.05, 3.63) is 59.0 Å². The maximum atomic E-state index is 12.7. The molecule has 6 nitrogen and oxygen atoms in total. The molecule has 8 heteroatoms. The Labute approximate surface area is 187 Å². The third-order valence-corrected chi connectivity index (χ3v) is 8.94. The topological polar surface area (TPSA) is 75.7 Å². The highest BCUT2D eigenvalue weighted by molar-refractivity contribution is 7.91. The van der Waals surface area contributed by atoms with Crippen molar-refractivity contribution in [2.24, 2.45) is 0 Å². The third-order valence-electron chi connectivity index (χ3n) is 5.34. The zero-order valence-corrected chi connectivity index (χ0v) is 19.8. The smallest absolute Gasteiger partial charge is 0.252 e. The summed E-state index contributed by atoms with van der Waals surface area (Å²) in [5, 5.41) is 5.02. The van der Waals surface area contributed by atoms with E-state index in [4.69, 9.17) is 4.74 Å². The minimum absolute atomic E-state index is 0.102. The molecule has 1 aromatic heterocycles. The Bertz CT molecular complexity index is 1170. The predicted octanol–water partition coefficient (Wildman–Crippen LogP) is 4.36. The summed E-state index contributed by atoms with van der Waals surface area (Å²) in [4.78, 5) is 13.5. The fraction of sp³-hybridized carbons (Fsp3) is 0.348. The third kappa shape index (κ3) is 5.08. The van der Waals surface area contributed by atoms with Gasteiger partial charge < -0.3 is 10.1 Å². The molecule has 1 N–H and O–H groups in total. The molecular weight excluding hydrogens is 432 g/mol. The lowest BCUT2D eigenvalue weighted by atomic mass is 9.97. The fourth-order valence-corrected chi connectivity index (χ4v) is 6.31. The first-order valence-corrected chi connectivity index (χ1v) is 12.5. The molecule has 1 atom stereocenters. The molecule has 166 valence electrons. The fourth-order valence-electron chi connectivity index (χ4n) is 3.40.